The van der Waals surface area contributed by atoms with Crippen LogP contribution in [0, 0.1) is 6.92 Å². The topological polar surface area (TPSA) is 83.6 Å². The minimum absolute atomic E-state index is 0.516. The summed E-state index contributed by atoms with van der Waals surface area (Å²) in [6, 6.07) is 16.3. The summed E-state index contributed by atoms with van der Waals surface area (Å²) in [7, 11) is 3.41. The number of nitrogens with zero attached hydrogens (tertiary/aromatic N) is 2. The Morgan fingerprint density at radius 1 is 1.07 bits per heavy atom. The lowest BCUT2D eigenvalue weighted by molar-refractivity contribution is 0.145. The summed E-state index contributed by atoms with van der Waals surface area (Å²) in [6.45, 7) is 4.25. The van der Waals surface area contributed by atoms with E-state index >= 15 is 0 Å². The number of hydrogen-bond donors (Lipinski definition) is 3. The van der Waals surface area contributed by atoms with Gasteiger partial charge in [0.25, 0.3) is 0 Å². The van der Waals surface area contributed by atoms with Gasteiger partial charge in [0, 0.05) is 26.3 Å². The first-order valence-electron chi connectivity index (χ1n) is 9.94. The molecule has 158 valence electrons. The van der Waals surface area contributed by atoms with E-state index in [9.17, 15) is 0 Å². The van der Waals surface area contributed by atoms with Crippen LogP contribution in [0.3, 0.4) is 0 Å². The van der Waals surface area contributed by atoms with Gasteiger partial charge >= 0.3 is 0 Å². The van der Waals surface area contributed by atoms with E-state index < -0.39 is 0 Å². The fourth-order valence-electron chi connectivity index (χ4n) is 2.96. The van der Waals surface area contributed by atoms with Crippen LogP contribution in [0.15, 0.2) is 59.7 Å². The molecule has 2 aromatic carbocycles. The minimum atomic E-state index is 0.516. The van der Waals surface area contributed by atoms with Crippen molar-refractivity contribution in [2.75, 3.05) is 27.4 Å². The van der Waals surface area contributed by atoms with Gasteiger partial charge in [0.1, 0.15) is 18.2 Å². The van der Waals surface area contributed by atoms with Crippen molar-refractivity contribution >= 4 is 5.96 Å². The van der Waals surface area contributed by atoms with Crippen LogP contribution < -0.4 is 15.4 Å². The molecular formula is C23H29N5O2. The summed E-state index contributed by atoms with van der Waals surface area (Å²) in [6.07, 6.45) is 1.85. The Morgan fingerprint density at radius 2 is 1.87 bits per heavy atom. The van der Waals surface area contributed by atoms with Crippen LogP contribution >= 0.6 is 0 Å². The molecule has 3 rings (SSSR count). The highest BCUT2D eigenvalue weighted by Crippen LogP contribution is 2.20. The van der Waals surface area contributed by atoms with Gasteiger partial charge in [0.15, 0.2) is 5.96 Å². The second-order valence-corrected chi connectivity index (χ2v) is 6.84. The van der Waals surface area contributed by atoms with E-state index in [1.807, 2.05) is 37.4 Å². The van der Waals surface area contributed by atoms with E-state index in [2.05, 4.69) is 49.9 Å². The highest BCUT2D eigenvalue weighted by molar-refractivity contribution is 5.79. The first-order valence-corrected chi connectivity index (χ1v) is 9.94. The number of H-pyrrole nitrogens is 1. The number of aromatic amines is 1. The fourth-order valence-corrected chi connectivity index (χ4v) is 2.96. The fraction of sp³-hybridized carbons (Fsp3) is 0.304. The lowest BCUT2D eigenvalue weighted by Gasteiger charge is -2.15. The number of ether oxygens (including phenoxy) is 2. The first kappa shape index (κ1) is 21.4. The third kappa shape index (κ3) is 6.09. The van der Waals surface area contributed by atoms with Gasteiger partial charge in [-0.2, -0.15) is 0 Å². The number of rotatable bonds is 9. The molecule has 3 N–H and O–H groups in total. The number of guanidine groups is 1. The van der Waals surface area contributed by atoms with Crippen LogP contribution in [0.2, 0.25) is 0 Å². The number of nitrogens with one attached hydrogen (secondary N) is 3. The van der Waals surface area contributed by atoms with Gasteiger partial charge in [0.05, 0.1) is 25.0 Å². The molecule has 0 saturated heterocycles. The monoisotopic (exact) mass is 407 g/mol. The van der Waals surface area contributed by atoms with Crippen LogP contribution in [0.25, 0.3) is 11.3 Å². The molecule has 0 atom stereocenters. The van der Waals surface area contributed by atoms with Gasteiger partial charge in [-0.3, -0.25) is 4.99 Å². The van der Waals surface area contributed by atoms with Crippen molar-refractivity contribution in [3.63, 3.8) is 0 Å². The molecule has 0 aliphatic heterocycles. The standard InChI is InChI=1S/C23H29N5O2/c1-17-9-10-19(21(13-17)30-12-11-29-3)14-26-23(24-2)27-16-22-25-15-20(28-22)18-7-5-4-6-8-18/h4-10,13,15H,11-12,14,16H2,1-3H3,(H,25,28)(H2,24,26,27). The second kappa shape index (κ2) is 11.0. The molecule has 7 nitrogen and oxygen atoms in total. The maximum Gasteiger partial charge on any atom is 0.191 e. The lowest BCUT2D eigenvalue weighted by Crippen LogP contribution is -2.36. The van der Waals surface area contributed by atoms with Crippen molar-refractivity contribution in [3.8, 4) is 17.0 Å². The molecule has 0 unspecified atom stereocenters. The number of aliphatic imine (C=N–C) groups is 1. The van der Waals surface area contributed by atoms with Crippen molar-refractivity contribution in [2.24, 2.45) is 4.99 Å². The molecule has 0 amide bonds. The van der Waals surface area contributed by atoms with Crippen molar-refractivity contribution in [1.29, 1.82) is 0 Å². The van der Waals surface area contributed by atoms with Crippen LogP contribution in [0.5, 0.6) is 5.75 Å². The van der Waals surface area contributed by atoms with Gasteiger partial charge in [-0.25, -0.2) is 4.98 Å². The van der Waals surface area contributed by atoms with Crippen molar-refractivity contribution in [2.45, 2.75) is 20.0 Å². The number of methoxy groups -OCH3 is 1. The quantitative estimate of drug-likeness (QED) is 0.288. The average Bonchev–Trinajstić information content (AvgIpc) is 3.25. The van der Waals surface area contributed by atoms with E-state index in [0.29, 0.717) is 32.3 Å². The molecule has 1 aromatic heterocycles. The van der Waals surface area contributed by atoms with E-state index in [-0.39, 0.29) is 0 Å². The number of hydrogen-bond acceptors (Lipinski definition) is 4. The van der Waals surface area contributed by atoms with E-state index in [1.54, 1.807) is 14.2 Å². The van der Waals surface area contributed by atoms with Crippen LogP contribution in [0.4, 0.5) is 0 Å². The van der Waals surface area contributed by atoms with Crippen molar-refractivity contribution in [1.82, 2.24) is 20.6 Å². The summed E-state index contributed by atoms with van der Waals surface area (Å²) >= 11 is 0. The van der Waals surface area contributed by atoms with Crippen molar-refractivity contribution in [3.05, 3.63) is 71.7 Å². The Kier molecular flexibility index (Phi) is 7.86. The van der Waals surface area contributed by atoms with Crippen molar-refractivity contribution < 1.29 is 9.47 Å². The molecule has 0 aliphatic rings. The molecule has 0 aliphatic carbocycles. The van der Waals surface area contributed by atoms with Crippen LogP contribution in [-0.4, -0.2) is 43.3 Å². The highest BCUT2D eigenvalue weighted by Gasteiger charge is 2.07. The van der Waals surface area contributed by atoms with Gasteiger partial charge in [-0.05, 0) is 24.1 Å². The van der Waals surface area contributed by atoms with Gasteiger partial charge in [0.2, 0.25) is 0 Å². The normalized spacial score (nSPS) is 11.4. The number of aromatic nitrogens is 2. The first-order chi connectivity index (χ1) is 14.7. The third-order valence-corrected chi connectivity index (χ3v) is 4.57. The Labute approximate surface area is 177 Å². The Hall–Kier alpha value is -3.32. The maximum atomic E-state index is 5.86. The second-order valence-electron chi connectivity index (χ2n) is 6.84. The van der Waals surface area contributed by atoms with Gasteiger partial charge in [-0.1, -0.05) is 42.5 Å². The molecule has 3 aromatic rings. The molecule has 0 saturated carbocycles. The van der Waals surface area contributed by atoms with Gasteiger partial charge in [-0.15, -0.1) is 0 Å². The zero-order chi connectivity index (χ0) is 21.2. The zero-order valence-corrected chi connectivity index (χ0v) is 17.7. The molecule has 0 spiro atoms. The maximum absolute atomic E-state index is 5.86. The predicted octanol–water partition coefficient (Wildman–Crippen LogP) is 3.28. The van der Waals surface area contributed by atoms with E-state index in [0.717, 1.165) is 34.0 Å². The third-order valence-electron chi connectivity index (χ3n) is 4.57. The average molecular weight is 408 g/mol. The number of imidazole rings is 1. The molecule has 30 heavy (non-hydrogen) atoms. The Bertz CT molecular complexity index is 953. The summed E-state index contributed by atoms with van der Waals surface area (Å²) < 4.78 is 10.9. The molecular weight excluding hydrogens is 378 g/mol. The van der Waals surface area contributed by atoms with Gasteiger partial charge < -0.3 is 25.1 Å². The zero-order valence-electron chi connectivity index (χ0n) is 17.7. The highest BCUT2D eigenvalue weighted by atomic mass is 16.5. The number of benzene rings is 2. The smallest absolute Gasteiger partial charge is 0.191 e. The van der Waals surface area contributed by atoms with Crippen LogP contribution in [0.1, 0.15) is 17.0 Å². The van der Waals surface area contributed by atoms with E-state index in [4.69, 9.17) is 9.47 Å². The predicted molar refractivity (Wildman–Crippen MR) is 120 cm³/mol. The summed E-state index contributed by atoms with van der Waals surface area (Å²) in [5.41, 5.74) is 4.32. The number of aryl methyl sites for hydroxylation is 1. The molecule has 1 heterocycles. The minimum Gasteiger partial charge on any atom is -0.491 e. The molecule has 0 bridgehead atoms. The molecule has 7 heteroatoms. The van der Waals surface area contributed by atoms with E-state index in [1.165, 1.54) is 0 Å². The van der Waals surface area contributed by atoms with Crippen LogP contribution in [-0.2, 0) is 17.8 Å². The SMILES string of the molecule is CN=C(NCc1ncc(-c2ccccc2)[nH]1)NCc1ccc(C)cc1OCCOC. The lowest BCUT2D eigenvalue weighted by atomic mass is 10.1. The summed E-state index contributed by atoms with van der Waals surface area (Å²) in [5, 5.41) is 6.62. The molecule has 0 fully saturated rings. The largest absolute Gasteiger partial charge is 0.491 e. The summed E-state index contributed by atoms with van der Waals surface area (Å²) in [4.78, 5) is 12.1. The Balaban J connectivity index is 1.55. The summed E-state index contributed by atoms with van der Waals surface area (Å²) in [5.74, 6) is 2.39. The Morgan fingerprint density at radius 3 is 2.63 bits per heavy atom. The molecule has 0 radical (unpaired) electrons.